The number of rotatable bonds is 9. The molecular weight excluding hydrogens is 386 g/mol. The Labute approximate surface area is 181 Å². The molecule has 0 saturated carbocycles. The van der Waals surface area contributed by atoms with Crippen molar-refractivity contribution in [2.24, 2.45) is 0 Å². The van der Waals surface area contributed by atoms with Gasteiger partial charge in [-0.1, -0.05) is 42.5 Å². The summed E-state index contributed by atoms with van der Waals surface area (Å²) in [5, 5.41) is 0. The third kappa shape index (κ3) is 5.82. The van der Waals surface area contributed by atoms with Crippen LogP contribution in [-0.4, -0.2) is 20.7 Å². The molecule has 5 nitrogen and oxygen atoms in total. The molecule has 2 aromatic heterocycles. The van der Waals surface area contributed by atoms with Crippen molar-refractivity contribution in [2.75, 3.05) is 0 Å². The monoisotopic (exact) mass is 409 g/mol. The number of ether oxygens (including phenoxy) is 1. The van der Waals surface area contributed by atoms with Crippen LogP contribution in [0.3, 0.4) is 0 Å². The predicted octanol–water partition coefficient (Wildman–Crippen LogP) is 4.86. The summed E-state index contributed by atoms with van der Waals surface area (Å²) in [6.07, 6.45) is 8.67. The fourth-order valence-electron chi connectivity index (χ4n) is 3.31. The minimum Gasteiger partial charge on any atom is -0.489 e. The summed E-state index contributed by atoms with van der Waals surface area (Å²) in [7, 11) is 0. The molecule has 31 heavy (non-hydrogen) atoms. The number of benzene rings is 2. The van der Waals surface area contributed by atoms with E-state index in [1.165, 1.54) is 0 Å². The van der Waals surface area contributed by atoms with Crippen molar-refractivity contribution in [2.45, 2.75) is 25.9 Å². The summed E-state index contributed by atoms with van der Waals surface area (Å²) in [6.45, 7) is 0.414. The van der Waals surface area contributed by atoms with Crippen molar-refractivity contribution in [1.82, 2.24) is 15.0 Å². The SMILES string of the molecule is O=C(CCc1cccnc1)Cc1ccc(OCc2ccccc2-c2ncccn2)cc1. The first-order valence-corrected chi connectivity index (χ1v) is 10.3. The number of hydrogen-bond donors (Lipinski definition) is 0. The summed E-state index contributed by atoms with van der Waals surface area (Å²) in [4.78, 5) is 25.0. The number of carbonyl (C=O) groups excluding carboxylic acids is 1. The average Bonchev–Trinajstić information content (AvgIpc) is 2.84. The Hall–Kier alpha value is -3.86. The lowest BCUT2D eigenvalue weighted by Crippen LogP contribution is -2.04. The smallest absolute Gasteiger partial charge is 0.159 e. The molecule has 0 fully saturated rings. The third-order valence-corrected chi connectivity index (χ3v) is 4.96. The van der Waals surface area contributed by atoms with Crippen molar-refractivity contribution >= 4 is 5.78 Å². The number of nitrogens with zero attached hydrogens (tertiary/aromatic N) is 3. The van der Waals surface area contributed by atoms with Gasteiger partial charge >= 0.3 is 0 Å². The highest BCUT2D eigenvalue weighted by molar-refractivity contribution is 5.81. The molecule has 4 rings (SSSR count). The molecule has 0 unspecified atom stereocenters. The lowest BCUT2D eigenvalue weighted by molar-refractivity contribution is -0.118. The minimum absolute atomic E-state index is 0.217. The van der Waals surface area contributed by atoms with Crippen LogP contribution in [0.5, 0.6) is 5.75 Å². The van der Waals surface area contributed by atoms with Crippen LogP contribution in [-0.2, 0) is 24.2 Å². The van der Waals surface area contributed by atoms with Crippen LogP contribution in [0, 0.1) is 0 Å². The molecule has 0 spiro atoms. The van der Waals surface area contributed by atoms with Gasteiger partial charge in [-0.2, -0.15) is 0 Å². The zero-order valence-corrected chi connectivity index (χ0v) is 17.1. The number of aromatic nitrogens is 3. The summed E-state index contributed by atoms with van der Waals surface area (Å²) >= 11 is 0. The van der Waals surface area contributed by atoms with E-state index in [4.69, 9.17) is 4.74 Å². The predicted molar refractivity (Wildman–Crippen MR) is 120 cm³/mol. The number of aryl methyl sites for hydroxylation is 1. The van der Waals surface area contributed by atoms with Crippen LogP contribution in [0.25, 0.3) is 11.4 Å². The van der Waals surface area contributed by atoms with Gasteiger partial charge in [0.05, 0.1) is 0 Å². The highest BCUT2D eigenvalue weighted by Crippen LogP contribution is 2.22. The molecule has 0 aliphatic carbocycles. The summed E-state index contributed by atoms with van der Waals surface area (Å²) in [5.74, 6) is 1.66. The van der Waals surface area contributed by atoms with Crippen molar-refractivity contribution in [3.8, 4) is 17.1 Å². The molecule has 0 bridgehead atoms. The molecule has 2 heterocycles. The standard InChI is InChI=1S/C26H23N3O2/c30-23(11-8-21-5-3-14-27-18-21)17-20-9-12-24(13-10-20)31-19-22-6-1-2-7-25(22)26-28-15-4-16-29-26/h1-7,9-10,12-16,18H,8,11,17,19H2. The maximum atomic E-state index is 12.3. The van der Waals surface area contributed by atoms with E-state index in [1.54, 1.807) is 24.7 Å². The zero-order chi connectivity index (χ0) is 21.3. The van der Waals surface area contributed by atoms with Gasteiger partial charge in [-0.25, -0.2) is 9.97 Å². The number of ketones is 1. The zero-order valence-electron chi connectivity index (χ0n) is 17.1. The third-order valence-electron chi connectivity index (χ3n) is 4.96. The molecule has 0 aliphatic rings. The molecule has 5 heteroatoms. The van der Waals surface area contributed by atoms with E-state index < -0.39 is 0 Å². The Morgan fingerprint density at radius 1 is 0.806 bits per heavy atom. The highest BCUT2D eigenvalue weighted by atomic mass is 16.5. The van der Waals surface area contributed by atoms with E-state index in [0.717, 1.165) is 34.4 Å². The summed E-state index contributed by atoms with van der Waals surface area (Å²) in [5.41, 5.74) is 4.05. The Morgan fingerprint density at radius 3 is 2.39 bits per heavy atom. The molecule has 154 valence electrons. The first-order chi connectivity index (χ1) is 15.3. The fraction of sp³-hybridized carbons (Fsp3) is 0.154. The molecule has 0 N–H and O–H groups in total. The topological polar surface area (TPSA) is 65.0 Å². The van der Waals surface area contributed by atoms with Crippen molar-refractivity contribution in [1.29, 1.82) is 0 Å². The van der Waals surface area contributed by atoms with Crippen LogP contribution >= 0.6 is 0 Å². The lowest BCUT2D eigenvalue weighted by Gasteiger charge is -2.11. The average molecular weight is 409 g/mol. The molecular formula is C26H23N3O2. The molecule has 0 radical (unpaired) electrons. The molecule has 0 atom stereocenters. The molecule has 0 aliphatic heterocycles. The van der Waals surface area contributed by atoms with Gasteiger partial charge in [0.2, 0.25) is 0 Å². The normalized spacial score (nSPS) is 10.6. The van der Waals surface area contributed by atoms with Gasteiger partial charge in [0.1, 0.15) is 18.1 Å². The second-order valence-corrected chi connectivity index (χ2v) is 7.24. The van der Waals surface area contributed by atoms with E-state index in [2.05, 4.69) is 15.0 Å². The second kappa shape index (κ2) is 10.3. The van der Waals surface area contributed by atoms with Crippen LogP contribution in [0.2, 0.25) is 0 Å². The number of hydrogen-bond acceptors (Lipinski definition) is 5. The first-order valence-electron chi connectivity index (χ1n) is 10.3. The van der Waals surface area contributed by atoms with Gasteiger partial charge in [-0.05, 0) is 41.8 Å². The van der Waals surface area contributed by atoms with Gasteiger partial charge in [0, 0.05) is 48.8 Å². The van der Waals surface area contributed by atoms with Gasteiger partial charge in [-0.3, -0.25) is 9.78 Å². The second-order valence-electron chi connectivity index (χ2n) is 7.24. The van der Waals surface area contributed by atoms with E-state index in [9.17, 15) is 4.79 Å². The largest absolute Gasteiger partial charge is 0.489 e. The molecule has 2 aromatic carbocycles. The maximum absolute atomic E-state index is 12.3. The van der Waals surface area contributed by atoms with E-state index in [0.29, 0.717) is 25.3 Å². The summed E-state index contributed by atoms with van der Waals surface area (Å²) in [6, 6.07) is 21.4. The highest BCUT2D eigenvalue weighted by Gasteiger charge is 2.08. The Kier molecular flexibility index (Phi) is 6.75. The van der Waals surface area contributed by atoms with Gasteiger partial charge < -0.3 is 4.74 Å². The van der Waals surface area contributed by atoms with E-state index in [1.807, 2.05) is 66.9 Å². The van der Waals surface area contributed by atoms with Gasteiger partial charge in [-0.15, -0.1) is 0 Å². The van der Waals surface area contributed by atoms with Crippen molar-refractivity contribution < 1.29 is 9.53 Å². The van der Waals surface area contributed by atoms with Crippen LogP contribution in [0.4, 0.5) is 0 Å². The Balaban J connectivity index is 1.32. The quantitative estimate of drug-likeness (QED) is 0.395. The van der Waals surface area contributed by atoms with Gasteiger partial charge in [0.15, 0.2) is 5.82 Å². The Bertz CT molecular complexity index is 1110. The number of pyridine rings is 1. The fourth-order valence-corrected chi connectivity index (χ4v) is 3.31. The van der Waals surface area contributed by atoms with Crippen LogP contribution < -0.4 is 4.74 Å². The number of Topliss-reactive ketones (excluding diaryl/α,β-unsaturated/α-hetero) is 1. The first kappa shape index (κ1) is 20.4. The van der Waals surface area contributed by atoms with Crippen molar-refractivity contribution in [3.63, 3.8) is 0 Å². The lowest BCUT2D eigenvalue weighted by atomic mass is 10.0. The minimum atomic E-state index is 0.217. The van der Waals surface area contributed by atoms with Crippen molar-refractivity contribution in [3.05, 3.63) is 108 Å². The van der Waals surface area contributed by atoms with Crippen LogP contribution in [0.1, 0.15) is 23.1 Å². The number of carbonyl (C=O) groups is 1. The maximum Gasteiger partial charge on any atom is 0.159 e. The van der Waals surface area contributed by atoms with E-state index in [-0.39, 0.29) is 5.78 Å². The summed E-state index contributed by atoms with van der Waals surface area (Å²) < 4.78 is 5.97. The van der Waals surface area contributed by atoms with Gasteiger partial charge in [0.25, 0.3) is 0 Å². The van der Waals surface area contributed by atoms with Crippen LogP contribution in [0.15, 0.2) is 91.5 Å². The molecule has 0 amide bonds. The molecule has 4 aromatic rings. The van der Waals surface area contributed by atoms with E-state index >= 15 is 0 Å². The Morgan fingerprint density at radius 2 is 1.61 bits per heavy atom. The molecule has 0 saturated heterocycles.